The maximum Gasteiger partial charge on any atom is 0.136 e. The minimum Gasteiger partial charge on any atom is -0.456 e. The van der Waals surface area contributed by atoms with E-state index in [1.54, 1.807) is 11.3 Å². The molecule has 214 valence electrons. The highest BCUT2D eigenvalue weighted by Crippen LogP contribution is 2.46. The quantitative estimate of drug-likeness (QED) is 0.183. The van der Waals surface area contributed by atoms with Crippen LogP contribution < -0.4 is 0 Å². The maximum atomic E-state index is 6.60. The molecule has 1 nitrogen and oxygen atoms in total. The number of benzene rings is 8. The van der Waals surface area contributed by atoms with Gasteiger partial charge in [0.1, 0.15) is 11.2 Å². The van der Waals surface area contributed by atoms with Crippen molar-refractivity contribution in [1.29, 1.82) is 0 Å². The molecule has 0 saturated carbocycles. The molecule has 0 unspecified atom stereocenters. The molecule has 46 heavy (non-hydrogen) atoms. The van der Waals surface area contributed by atoms with Crippen molar-refractivity contribution in [2.24, 2.45) is 0 Å². The zero-order chi connectivity index (χ0) is 30.2. The highest BCUT2D eigenvalue weighted by molar-refractivity contribution is 7.17. The normalized spacial score (nSPS) is 11.9. The largest absolute Gasteiger partial charge is 0.456 e. The van der Waals surface area contributed by atoms with Crippen LogP contribution in [0.1, 0.15) is 0 Å². The Hall–Kier alpha value is -5.70. The van der Waals surface area contributed by atoms with Gasteiger partial charge < -0.3 is 4.42 Å². The Kier molecular flexibility index (Phi) is 5.51. The van der Waals surface area contributed by atoms with Crippen molar-refractivity contribution >= 4 is 75.7 Å². The molecule has 8 aromatic carbocycles. The molecule has 2 aromatic heterocycles. The summed E-state index contributed by atoms with van der Waals surface area (Å²) in [5, 5.41) is 13.3. The highest BCUT2D eigenvalue weighted by Gasteiger charge is 2.19. The lowest BCUT2D eigenvalue weighted by Gasteiger charge is -2.18. The molecule has 2 heterocycles. The van der Waals surface area contributed by atoms with Crippen LogP contribution in [0.15, 0.2) is 161 Å². The van der Waals surface area contributed by atoms with E-state index in [9.17, 15) is 0 Å². The third kappa shape index (κ3) is 3.81. The van der Waals surface area contributed by atoms with Crippen LogP contribution in [0.4, 0.5) is 0 Å². The van der Waals surface area contributed by atoms with Crippen molar-refractivity contribution in [3.05, 3.63) is 157 Å². The van der Waals surface area contributed by atoms with Crippen LogP contribution in [0.2, 0.25) is 0 Å². The smallest absolute Gasteiger partial charge is 0.136 e. The van der Waals surface area contributed by atoms with Crippen LogP contribution in [0, 0.1) is 0 Å². The van der Waals surface area contributed by atoms with Crippen molar-refractivity contribution in [3.8, 4) is 33.4 Å². The summed E-state index contributed by atoms with van der Waals surface area (Å²) in [4.78, 5) is 0. The topological polar surface area (TPSA) is 13.1 Å². The summed E-state index contributed by atoms with van der Waals surface area (Å²) in [6.45, 7) is 0. The van der Waals surface area contributed by atoms with Gasteiger partial charge in [-0.1, -0.05) is 121 Å². The van der Waals surface area contributed by atoms with Gasteiger partial charge in [0.15, 0.2) is 0 Å². The number of hydrogen-bond acceptors (Lipinski definition) is 2. The van der Waals surface area contributed by atoms with Crippen molar-refractivity contribution in [3.63, 3.8) is 0 Å². The van der Waals surface area contributed by atoms with E-state index < -0.39 is 0 Å². The minimum absolute atomic E-state index is 0.915. The van der Waals surface area contributed by atoms with Crippen molar-refractivity contribution in [2.45, 2.75) is 0 Å². The molecule has 10 rings (SSSR count). The highest BCUT2D eigenvalue weighted by atomic mass is 32.1. The van der Waals surface area contributed by atoms with Crippen molar-refractivity contribution < 1.29 is 4.42 Å². The van der Waals surface area contributed by atoms with E-state index in [-0.39, 0.29) is 0 Å². The van der Waals surface area contributed by atoms with Crippen molar-refractivity contribution in [1.82, 2.24) is 0 Å². The Morgan fingerprint density at radius 3 is 1.67 bits per heavy atom. The Morgan fingerprint density at radius 1 is 0.370 bits per heavy atom. The van der Waals surface area contributed by atoms with Crippen LogP contribution in [-0.2, 0) is 0 Å². The van der Waals surface area contributed by atoms with Gasteiger partial charge in [0, 0.05) is 26.4 Å². The molecule has 0 radical (unpaired) electrons. The second-order valence-electron chi connectivity index (χ2n) is 12.1. The summed E-state index contributed by atoms with van der Waals surface area (Å²) in [7, 11) is 0. The SMILES string of the molecule is c1ccc(-c2csc3cc4oc5cc(-c6c7ccccc7c(-c7ccc8ccccc8c7)c7ccccc67)ccc5c4cc23)cc1. The first-order valence-corrected chi connectivity index (χ1v) is 16.5. The fourth-order valence-electron chi connectivity index (χ4n) is 7.39. The zero-order valence-corrected chi connectivity index (χ0v) is 25.6. The predicted octanol–water partition coefficient (Wildman–Crippen LogP) is 13.3. The summed E-state index contributed by atoms with van der Waals surface area (Å²) in [6.07, 6.45) is 0. The molecule has 0 spiro atoms. The summed E-state index contributed by atoms with van der Waals surface area (Å²) < 4.78 is 7.84. The molecule has 0 amide bonds. The van der Waals surface area contributed by atoms with Gasteiger partial charge in [-0.2, -0.15) is 0 Å². The predicted molar refractivity (Wildman–Crippen MR) is 198 cm³/mol. The van der Waals surface area contributed by atoms with E-state index in [4.69, 9.17) is 4.42 Å². The molecule has 0 bridgehead atoms. The Bertz CT molecular complexity index is 2740. The zero-order valence-electron chi connectivity index (χ0n) is 24.8. The standard InChI is InChI=1S/C44H26OS/c1-2-11-28(12-3-1)39-26-46-42-25-41-37(24-38(39)42)32-21-20-31(23-40(32)45-41)44-35-16-8-6-14-33(35)43(34-15-7-9-17-36(34)44)30-19-18-27-10-4-5-13-29(27)22-30/h1-26H. The molecular formula is C44H26OS. The second kappa shape index (κ2) is 9.90. The number of hydrogen-bond donors (Lipinski definition) is 0. The van der Waals surface area contributed by atoms with Gasteiger partial charge in [-0.15, -0.1) is 11.3 Å². The van der Waals surface area contributed by atoms with Crippen LogP contribution in [0.3, 0.4) is 0 Å². The van der Waals surface area contributed by atoms with E-state index in [2.05, 4.69) is 157 Å². The summed E-state index contributed by atoms with van der Waals surface area (Å²) >= 11 is 1.78. The molecule has 0 N–H and O–H groups in total. The van der Waals surface area contributed by atoms with Gasteiger partial charge in [-0.05, 0) is 95.8 Å². The summed E-state index contributed by atoms with van der Waals surface area (Å²) in [6, 6.07) is 55.1. The molecule has 0 fully saturated rings. The monoisotopic (exact) mass is 602 g/mol. The first-order chi connectivity index (χ1) is 22.8. The van der Waals surface area contributed by atoms with E-state index in [1.807, 2.05) is 0 Å². The Labute approximate surface area is 269 Å². The van der Waals surface area contributed by atoms with Crippen LogP contribution in [0.5, 0.6) is 0 Å². The number of thiophene rings is 1. The average molecular weight is 603 g/mol. The number of furan rings is 1. The summed E-state index contributed by atoms with van der Waals surface area (Å²) in [5.74, 6) is 0. The maximum absolute atomic E-state index is 6.60. The molecule has 10 aromatic rings. The second-order valence-corrected chi connectivity index (χ2v) is 13.0. The molecule has 0 aliphatic carbocycles. The average Bonchev–Trinajstić information content (AvgIpc) is 3.69. The van der Waals surface area contributed by atoms with Crippen molar-refractivity contribution in [2.75, 3.05) is 0 Å². The van der Waals surface area contributed by atoms with Crippen LogP contribution in [-0.4, -0.2) is 0 Å². The van der Waals surface area contributed by atoms with E-state index >= 15 is 0 Å². The molecular weight excluding hydrogens is 577 g/mol. The van der Waals surface area contributed by atoms with Crippen LogP contribution in [0.25, 0.3) is 97.7 Å². The molecule has 0 aliphatic heterocycles. The number of rotatable bonds is 3. The van der Waals surface area contributed by atoms with E-state index in [1.165, 1.54) is 70.2 Å². The first-order valence-electron chi connectivity index (χ1n) is 15.7. The van der Waals surface area contributed by atoms with E-state index in [0.717, 1.165) is 27.5 Å². The fraction of sp³-hybridized carbons (Fsp3) is 0. The van der Waals surface area contributed by atoms with Gasteiger partial charge in [-0.3, -0.25) is 0 Å². The molecule has 0 saturated heterocycles. The summed E-state index contributed by atoms with van der Waals surface area (Å²) in [5.41, 5.74) is 9.29. The molecule has 0 aliphatic rings. The third-order valence-electron chi connectivity index (χ3n) is 9.51. The van der Waals surface area contributed by atoms with Gasteiger partial charge in [0.25, 0.3) is 0 Å². The minimum atomic E-state index is 0.915. The Balaban J connectivity index is 1.21. The van der Waals surface area contributed by atoms with E-state index in [0.29, 0.717) is 0 Å². The first kappa shape index (κ1) is 25.6. The van der Waals surface area contributed by atoms with Gasteiger partial charge in [0.2, 0.25) is 0 Å². The molecule has 0 atom stereocenters. The van der Waals surface area contributed by atoms with Gasteiger partial charge in [0.05, 0.1) is 0 Å². The van der Waals surface area contributed by atoms with Crippen LogP contribution >= 0.6 is 11.3 Å². The van der Waals surface area contributed by atoms with Gasteiger partial charge in [-0.25, -0.2) is 0 Å². The lowest BCUT2D eigenvalue weighted by atomic mass is 9.85. The third-order valence-corrected chi connectivity index (χ3v) is 10.5. The molecule has 2 heteroatoms. The lowest BCUT2D eigenvalue weighted by molar-refractivity contribution is 0.669. The lowest BCUT2D eigenvalue weighted by Crippen LogP contribution is -1.91. The van der Waals surface area contributed by atoms with Gasteiger partial charge >= 0.3 is 0 Å². The number of fused-ring (bicyclic) bond motifs is 7. The Morgan fingerprint density at radius 2 is 0.957 bits per heavy atom. The fourth-order valence-corrected chi connectivity index (χ4v) is 8.37.